The molecule has 3 heteroatoms. The van der Waals surface area contributed by atoms with Gasteiger partial charge >= 0.3 is 0 Å². The highest BCUT2D eigenvalue weighted by molar-refractivity contribution is 5.46. The van der Waals surface area contributed by atoms with E-state index in [9.17, 15) is 5.11 Å². The molecule has 0 amide bonds. The molecule has 17 heavy (non-hydrogen) atoms. The average Bonchev–Trinajstić information content (AvgIpc) is 2.57. The summed E-state index contributed by atoms with van der Waals surface area (Å²) in [6, 6.07) is 8.31. The van der Waals surface area contributed by atoms with Crippen LogP contribution in [0.4, 0.5) is 5.69 Å². The maximum absolute atomic E-state index is 9.46. The zero-order valence-electron chi connectivity index (χ0n) is 10.3. The summed E-state index contributed by atoms with van der Waals surface area (Å²) in [7, 11) is 0. The van der Waals surface area contributed by atoms with E-state index >= 15 is 0 Å². The number of nitrogen functional groups attached to an aromatic ring is 1. The Balaban J connectivity index is 2.07. The number of benzene rings is 1. The van der Waals surface area contributed by atoms with Gasteiger partial charge in [-0.15, -0.1) is 0 Å². The molecule has 0 aliphatic carbocycles. The van der Waals surface area contributed by atoms with E-state index in [0.717, 1.165) is 25.2 Å². The Morgan fingerprint density at radius 3 is 2.82 bits per heavy atom. The van der Waals surface area contributed by atoms with Crippen molar-refractivity contribution < 1.29 is 5.11 Å². The third kappa shape index (κ3) is 3.20. The first-order valence-corrected chi connectivity index (χ1v) is 6.49. The molecule has 0 aromatic heterocycles. The van der Waals surface area contributed by atoms with Crippen LogP contribution in [0.15, 0.2) is 24.3 Å². The van der Waals surface area contributed by atoms with Gasteiger partial charge in [0.1, 0.15) is 0 Å². The first-order valence-electron chi connectivity index (χ1n) is 6.49. The number of para-hydroxylation sites is 1. The standard InChI is InChI=1S/C14H22N2O/c15-14-8-4-3-6-12(14)10-16-9-5-1-2-7-13(16)11-17/h3-4,6,8,13,17H,1-2,5,7,9-11,15H2. The number of nitrogens with two attached hydrogens (primary N) is 1. The second kappa shape index (κ2) is 6.03. The molecule has 1 aliphatic rings. The van der Waals surface area contributed by atoms with Gasteiger partial charge in [0.2, 0.25) is 0 Å². The minimum Gasteiger partial charge on any atom is -0.398 e. The smallest absolute Gasteiger partial charge is 0.0586 e. The molecule has 1 heterocycles. The molecule has 0 bridgehead atoms. The van der Waals surface area contributed by atoms with Gasteiger partial charge in [-0.25, -0.2) is 0 Å². The van der Waals surface area contributed by atoms with Crippen LogP contribution in [0.25, 0.3) is 0 Å². The molecule has 2 rings (SSSR count). The normalized spacial score (nSPS) is 22.3. The fraction of sp³-hybridized carbons (Fsp3) is 0.571. The van der Waals surface area contributed by atoms with Crippen molar-refractivity contribution in [2.75, 3.05) is 18.9 Å². The summed E-state index contributed by atoms with van der Waals surface area (Å²) in [6.07, 6.45) is 4.83. The Kier molecular flexibility index (Phi) is 4.40. The van der Waals surface area contributed by atoms with Gasteiger partial charge in [0.05, 0.1) is 6.61 Å². The SMILES string of the molecule is Nc1ccccc1CN1CCCCCC1CO. The second-order valence-electron chi connectivity index (χ2n) is 4.86. The number of hydrogen-bond acceptors (Lipinski definition) is 3. The lowest BCUT2D eigenvalue weighted by atomic mass is 10.1. The minimum atomic E-state index is 0.257. The van der Waals surface area contributed by atoms with Gasteiger partial charge in [0, 0.05) is 18.3 Å². The summed E-state index contributed by atoms with van der Waals surface area (Å²) >= 11 is 0. The van der Waals surface area contributed by atoms with Crippen molar-refractivity contribution in [3.05, 3.63) is 29.8 Å². The van der Waals surface area contributed by atoms with E-state index in [4.69, 9.17) is 5.73 Å². The lowest BCUT2D eigenvalue weighted by Crippen LogP contribution is -2.37. The first-order chi connectivity index (χ1) is 8.31. The fourth-order valence-corrected chi connectivity index (χ4v) is 2.55. The van der Waals surface area contributed by atoms with E-state index in [0.29, 0.717) is 6.04 Å². The van der Waals surface area contributed by atoms with E-state index in [-0.39, 0.29) is 6.61 Å². The zero-order chi connectivity index (χ0) is 12.1. The zero-order valence-corrected chi connectivity index (χ0v) is 10.3. The minimum absolute atomic E-state index is 0.257. The van der Waals surface area contributed by atoms with Gasteiger partial charge in [0.15, 0.2) is 0 Å². The van der Waals surface area contributed by atoms with Crippen LogP contribution in [-0.4, -0.2) is 29.2 Å². The monoisotopic (exact) mass is 234 g/mol. The lowest BCUT2D eigenvalue weighted by molar-refractivity contribution is 0.118. The molecule has 1 atom stereocenters. The quantitative estimate of drug-likeness (QED) is 0.787. The Labute approximate surface area is 103 Å². The fourth-order valence-electron chi connectivity index (χ4n) is 2.55. The molecule has 3 N–H and O–H groups in total. The van der Waals surface area contributed by atoms with Crippen LogP contribution in [0.1, 0.15) is 31.2 Å². The van der Waals surface area contributed by atoms with E-state index in [1.165, 1.54) is 24.8 Å². The van der Waals surface area contributed by atoms with E-state index in [1.54, 1.807) is 0 Å². The van der Waals surface area contributed by atoms with Gasteiger partial charge < -0.3 is 10.8 Å². The number of likely N-dealkylation sites (tertiary alicyclic amines) is 1. The Morgan fingerprint density at radius 2 is 2.06 bits per heavy atom. The summed E-state index contributed by atoms with van der Waals surface area (Å²) in [5, 5.41) is 9.46. The summed E-state index contributed by atoms with van der Waals surface area (Å²) in [5.41, 5.74) is 8.00. The number of aliphatic hydroxyl groups is 1. The number of aliphatic hydroxyl groups excluding tert-OH is 1. The van der Waals surface area contributed by atoms with Gasteiger partial charge in [0.25, 0.3) is 0 Å². The second-order valence-corrected chi connectivity index (χ2v) is 4.86. The number of anilines is 1. The number of rotatable bonds is 3. The van der Waals surface area contributed by atoms with Crippen molar-refractivity contribution in [1.82, 2.24) is 4.90 Å². The highest BCUT2D eigenvalue weighted by atomic mass is 16.3. The molecular formula is C14H22N2O. The first kappa shape index (κ1) is 12.4. The molecular weight excluding hydrogens is 212 g/mol. The van der Waals surface area contributed by atoms with E-state index in [2.05, 4.69) is 11.0 Å². The highest BCUT2D eigenvalue weighted by Crippen LogP contribution is 2.21. The molecule has 1 saturated heterocycles. The van der Waals surface area contributed by atoms with Crippen molar-refractivity contribution in [2.45, 2.75) is 38.3 Å². The predicted octanol–water partition coefficient (Wildman–Crippen LogP) is 2.01. The molecule has 94 valence electrons. The third-order valence-electron chi connectivity index (χ3n) is 3.64. The maximum Gasteiger partial charge on any atom is 0.0586 e. The average molecular weight is 234 g/mol. The maximum atomic E-state index is 9.46. The third-order valence-corrected chi connectivity index (χ3v) is 3.64. The van der Waals surface area contributed by atoms with Crippen LogP contribution in [-0.2, 0) is 6.54 Å². The van der Waals surface area contributed by atoms with Gasteiger partial charge in [-0.1, -0.05) is 31.0 Å². The van der Waals surface area contributed by atoms with Crippen molar-refractivity contribution in [1.29, 1.82) is 0 Å². The Bertz CT molecular complexity index is 354. The van der Waals surface area contributed by atoms with Crippen LogP contribution in [0.3, 0.4) is 0 Å². The summed E-state index contributed by atoms with van der Waals surface area (Å²) in [4.78, 5) is 2.37. The molecule has 1 aromatic rings. The molecule has 1 aromatic carbocycles. The lowest BCUT2D eigenvalue weighted by Gasteiger charge is -2.28. The number of hydrogen-bond donors (Lipinski definition) is 2. The van der Waals surface area contributed by atoms with E-state index < -0.39 is 0 Å². The summed E-state index contributed by atoms with van der Waals surface area (Å²) in [6.45, 7) is 2.18. The van der Waals surface area contributed by atoms with Crippen LogP contribution in [0.2, 0.25) is 0 Å². The van der Waals surface area contributed by atoms with Crippen molar-refractivity contribution >= 4 is 5.69 Å². The van der Waals surface area contributed by atoms with Gasteiger partial charge in [-0.2, -0.15) is 0 Å². The van der Waals surface area contributed by atoms with Crippen LogP contribution < -0.4 is 5.73 Å². The largest absolute Gasteiger partial charge is 0.398 e. The summed E-state index contributed by atoms with van der Waals surface area (Å²) < 4.78 is 0. The predicted molar refractivity (Wildman–Crippen MR) is 70.6 cm³/mol. The molecule has 0 saturated carbocycles. The molecule has 0 spiro atoms. The molecule has 1 unspecified atom stereocenters. The topological polar surface area (TPSA) is 49.5 Å². The van der Waals surface area contributed by atoms with Crippen LogP contribution in [0, 0.1) is 0 Å². The van der Waals surface area contributed by atoms with Crippen molar-refractivity contribution in [2.24, 2.45) is 0 Å². The molecule has 1 aliphatic heterocycles. The molecule has 3 nitrogen and oxygen atoms in total. The Morgan fingerprint density at radius 1 is 1.24 bits per heavy atom. The van der Waals surface area contributed by atoms with Crippen molar-refractivity contribution in [3.63, 3.8) is 0 Å². The van der Waals surface area contributed by atoms with Gasteiger partial charge in [-0.3, -0.25) is 4.90 Å². The Hall–Kier alpha value is -1.06. The molecule has 0 radical (unpaired) electrons. The van der Waals surface area contributed by atoms with Crippen molar-refractivity contribution in [3.8, 4) is 0 Å². The van der Waals surface area contributed by atoms with Crippen LogP contribution >= 0.6 is 0 Å². The van der Waals surface area contributed by atoms with E-state index in [1.807, 2.05) is 18.2 Å². The van der Waals surface area contributed by atoms with Crippen LogP contribution in [0.5, 0.6) is 0 Å². The highest BCUT2D eigenvalue weighted by Gasteiger charge is 2.20. The summed E-state index contributed by atoms with van der Waals surface area (Å²) in [5.74, 6) is 0. The molecule has 1 fully saturated rings. The van der Waals surface area contributed by atoms with Gasteiger partial charge in [-0.05, 0) is 31.0 Å². The number of nitrogens with zero attached hydrogens (tertiary/aromatic N) is 1.